The van der Waals surface area contributed by atoms with E-state index in [2.05, 4.69) is 11.0 Å². The zero-order valence-electron chi connectivity index (χ0n) is 7.53. The number of nitrogens with zero attached hydrogens (tertiary/aromatic N) is 1. The highest BCUT2D eigenvalue weighted by atomic mass is 16.3. The summed E-state index contributed by atoms with van der Waals surface area (Å²) in [6, 6.07) is 6.01. The van der Waals surface area contributed by atoms with Gasteiger partial charge in [-0.25, -0.2) is 0 Å². The molecule has 2 rings (SSSR count). The minimum absolute atomic E-state index is 0.216. The van der Waals surface area contributed by atoms with Crippen LogP contribution in [0.25, 0.3) is 0 Å². The van der Waals surface area contributed by atoms with E-state index in [1.807, 2.05) is 12.1 Å². The van der Waals surface area contributed by atoms with Crippen LogP contribution < -0.4 is 5.73 Å². The summed E-state index contributed by atoms with van der Waals surface area (Å²) in [6.45, 7) is 2.74. The maximum absolute atomic E-state index is 8.80. The SMILES string of the molecule is Nc1cccc2c1CN(CCO)C2. The lowest BCUT2D eigenvalue weighted by atomic mass is 10.1. The Kier molecular flexibility index (Phi) is 2.20. The van der Waals surface area contributed by atoms with Gasteiger partial charge in [0.2, 0.25) is 0 Å². The summed E-state index contributed by atoms with van der Waals surface area (Å²) in [5, 5.41) is 8.80. The smallest absolute Gasteiger partial charge is 0.0558 e. The van der Waals surface area contributed by atoms with Crippen LogP contribution in [0.1, 0.15) is 11.1 Å². The number of nitrogen functional groups attached to an aromatic ring is 1. The van der Waals surface area contributed by atoms with E-state index in [0.717, 1.165) is 25.3 Å². The van der Waals surface area contributed by atoms with Crippen molar-refractivity contribution in [3.8, 4) is 0 Å². The van der Waals surface area contributed by atoms with Crippen molar-refractivity contribution < 1.29 is 5.11 Å². The predicted octanol–water partition coefficient (Wildman–Crippen LogP) is 0.577. The molecule has 0 saturated heterocycles. The Morgan fingerprint density at radius 1 is 1.38 bits per heavy atom. The monoisotopic (exact) mass is 178 g/mol. The second-order valence-corrected chi connectivity index (χ2v) is 3.42. The highest BCUT2D eigenvalue weighted by molar-refractivity contribution is 5.52. The Hall–Kier alpha value is -1.06. The second-order valence-electron chi connectivity index (χ2n) is 3.42. The highest BCUT2D eigenvalue weighted by Crippen LogP contribution is 2.26. The first kappa shape index (κ1) is 8.53. The lowest BCUT2D eigenvalue weighted by Crippen LogP contribution is -2.20. The van der Waals surface area contributed by atoms with Crippen LogP contribution in [0.15, 0.2) is 18.2 Å². The van der Waals surface area contributed by atoms with Gasteiger partial charge in [0.05, 0.1) is 6.61 Å². The quantitative estimate of drug-likeness (QED) is 0.651. The lowest BCUT2D eigenvalue weighted by molar-refractivity contribution is 0.198. The van der Waals surface area contributed by atoms with Crippen LogP contribution in [0.4, 0.5) is 5.69 Å². The number of rotatable bonds is 2. The molecule has 3 N–H and O–H groups in total. The summed E-state index contributed by atoms with van der Waals surface area (Å²) in [4.78, 5) is 2.20. The summed E-state index contributed by atoms with van der Waals surface area (Å²) in [6.07, 6.45) is 0. The molecule has 0 amide bonds. The van der Waals surface area contributed by atoms with Crippen molar-refractivity contribution in [1.82, 2.24) is 4.90 Å². The molecule has 0 aromatic heterocycles. The van der Waals surface area contributed by atoms with E-state index >= 15 is 0 Å². The standard InChI is InChI=1S/C10H14N2O/c11-10-3-1-2-8-6-12(4-5-13)7-9(8)10/h1-3,13H,4-7,11H2. The molecule has 0 unspecified atom stereocenters. The maximum Gasteiger partial charge on any atom is 0.0558 e. The molecule has 3 nitrogen and oxygen atoms in total. The van der Waals surface area contributed by atoms with Gasteiger partial charge in [-0.1, -0.05) is 12.1 Å². The van der Waals surface area contributed by atoms with Crippen LogP contribution in [0.2, 0.25) is 0 Å². The van der Waals surface area contributed by atoms with Gasteiger partial charge in [0.15, 0.2) is 0 Å². The third-order valence-corrected chi connectivity index (χ3v) is 2.50. The molecule has 0 atom stereocenters. The zero-order chi connectivity index (χ0) is 9.26. The summed E-state index contributed by atoms with van der Waals surface area (Å²) in [7, 11) is 0. The minimum atomic E-state index is 0.216. The first-order chi connectivity index (χ1) is 6.31. The van der Waals surface area contributed by atoms with E-state index in [4.69, 9.17) is 10.8 Å². The molecule has 0 spiro atoms. The van der Waals surface area contributed by atoms with E-state index in [1.165, 1.54) is 11.1 Å². The van der Waals surface area contributed by atoms with Crippen LogP contribution in [-0.4, -0.2) is 23.2 Å². The van der Waals surface area contributed by atoms with Crippen molar-refractivity contribution in [2.45, 2.75) is 13.1 Å². The Morgan fingerprint density at radius 3 is 2.92 bits per heavy atom. The van der Waals surface area contributed by atoms with Gasteiger partial charge in [0.1, 0.15) is 0 Å². The van der Waals surface area contributed by atoms with Crippen molar-refractivity contribution in [2.24, 2.45) is 0 Å². The second kappa shape index (κ2) is 3.36. The molecule has 0 aliphatic carbocycles. The average molecular weight is 178 g/mol. The molecule has 1 heterocycles. The normalized spacial score (nSPS) is 16.1. The number of β-amino-alcohol motifs (C(OH)–C–C–N with tert-alkyl or cyclic N) is 1. The number of hydrogen-bond acceptors (Lipinski definition) is 3. The highest BCUT2D eigenvalue weighted by Gasteiger charge is 2.19. The van der Waals surface area contributed by atoms with Crippen molar-refractivity contribution >= 4 is 5.69 Å². The molecule has 3 heteroatoms. The van der Waals surface area contributed by atoms with Crippen LogP contribution >= 0.6 is 0 Å². The summed E-state index contributed by atoms with van der Waals surface area (Å²) >= 11 is 0. The topological polar surface area (TPSA) is 49.5 Å². The first-order valence-corrected chi connectivity index (χ1v) is 4.50. The van der Waals surface area contributed by atoms with Crippen molar-refractivity contribution in [1.29, 1.82) is 0 Å². The number of nitrogens with two attached hydrogens (primary N) is 1. The summed E-state index contributed by atoms with van der Waals surface area (Å²) < 4.78 is 0. The molecule has 1 aromatic carbocycles. The number of anilines is 1. The van der Waals surface area contributed by atoms with Gasteiger partial charge in [-0.3, -0.25) is 4.90 Å². The van der Waals surface area contributed by atoms with Crippen molar-refractivity contribution in [3.63, 3.8) is 0 Å². The van der Waals surface area contributed by atoms with Gasteiger partial charge in [-0.05, 0) is 17.2 Å². The van der Waals surface area contributed by atoms with Gasteiger partial charge in [0, 0.05) is 25.3 Å². The largest absolute Gasteiger partial charge is 0.398 e. The van der Waals surface area contributed by atoms with Gasteiger partial charge in [-0.15, -0.1) is 0 Å². The van der Waals surface area contributed by atoms with Crippen LogP contribution in [0.3, 0.4) is 0 Å². The summed E-state index contributed by atoms with van der Waals surface area (Å²) in [5.74, 6) is 0. The van der Waals surface area contributed by atoms with Gasteiger partial charge < -0.3 is 10.8 Å². The number of aliphatic hydroxyl groups excluding tert-OH is 1. The predicted molar refractivity (Wildman–Crippen MR) is 52.1 cm³/mol. The van der Waals surface area contributed by atoms with Crippen LogP contribution in [0, 0.1) is 0 Å². The van der Waals surface area contributed by atoms with Crippen LogP contribution in [0.5, 0.6) is 0 Å². The van der Waals surface area contributed by atoms with Gasteiger partial charge in [0.25, 0.3) is 0 Å². The number of aliphatic hydroxyl groups is 1. The van der Waals surface area contributed by atoms with Gasteiger partial charge in [-0.2, -0.15) is 0 Å². The first-order valence-electron chi connectivity index (χ1n) is 4.50. The molecule has 0 saturated carbocycles. The molecule has 1 aliphatic rings. The Balaban J connectivity index is 2.20. The number of hydrogen-bond donors (Lipinski definition) is 2. The fourth-order valence-corrected chi connectivity index (χ4v) is 1.82. The Morgan fingerprint density at radius 2 is 2.23 bits per heavy atom. The minimum Gasteiger partial charge on any atom is -0.398 e. The maximum atomic E-state index is 8.80. The summed E-state index contributed by atoms with van der Waals surface area (Å²) in [5.41, 5.74) is 9.25. The molecular formula is C10H14N2O. The van der Waals surface area contributed by atoms with E-state index in [9.17, 15) is 0 Å². The molecule has 13 heavy (non-hydrogen) atoms. The average Bonchev–Trinajstić information content (AvgIpc) is 2.49. The molecule has 0 radical (unpaired) electrons. The van der Waals surface area contributed by atoms with E-state index in [1.54, 1.807) is 0 Å². The molecule has 70 valence electrons. The van der Waals surface area contributed by atoms with E-state index in [-0.39, 0.29) is 6.61 Å². The van der Waals surface area contributed by atoms with Crippen molar-refractivity contribution in [2.75, 3.05) is 18.9 Å². The van der Waals surface area contributed by atoms with E-state index in [0.29, 0.717) is 0 Å². The Labute approximate surface area is 77.8 Å². The third kappa shape index (κ3) is 1.53. The van der Waals surface area contributed by atoms with Crippen molar-refractivity contribution in [3.05, 3.63) is 29.3 Å². The lowest BCUT2D eigenvalue weighted by Gasteiger charge is -2.11. The number of fused-ring (bicyclic) bond motifs is 1. The molecule has 1 aliphatic heterocycles. The third-order valence-electron chi connectivity index (χ3n) is 2.50. The van der Waals surface area contributed by atoms with E-state index < -0.39 is 0 Å². The molecule has 0 bridgehead atoms. The molecular weight excluding hydrogens is 164 g/mol. The molecule has 1 aromatic rings. The zero-order valence-corrected chi connectivity index (χ0v) is 7.53. The molecule has 0 fully saturated rings. The van der Waals surface area contributed by atoms with Crippen LogP contribution in [-0.2, 0) is 13.1 Å². The fraction of sp³-hybridized carbons (Fsp3) is 0.400. The fourth-order valence-electron chi connectivity index (χ4n) is 1.82. The number of benzene rings is 1. The van der Waals surface area contributed by atoms with Gasteiger partial charge >= 0.3 is 0 Å². The Bertz CT molecular complexity index is 312.